The van der Waals surface area contributed by atoms with Crippen LogP contribution in [0.25, 0.3) is 11.1 Å². The smallest absolute Gasteiger partial charge is 0.228 e. The lowest BCUT2D eigenvalue weighted by Crippen LogP contribution is -2.46. The summed E-state index contributed by atoms with van der Waals surface area (Å²) in [5, 5.41) is 10.2. The lowest BCUT2D eigenvalue weighted by molar-refractivity contribution is -0.128. The van der Waals surface area contributed by atoms with Gasteiger partial charge in [0, 0.05) is 34.7 Å². The summed E-state index contributed by atoms with van der Waals surface area (Å²) in [6.07, 6.45) is 1.07. The highest BCUT2D eigenvalue weighted by atomic mass is 79.9. The van der Waals surface area contributed by atoms with Crippen molar-refractivity contribution < 1.29 is 4.79 Å². The van der Waals surface area contributed by atoms with Gasteiger partial charge in [-0.05, 0) is 34.7 Å². The monoisotopic (exact) mass is 376 g/mol. The number of hydrogen-bond donors (Lipinski definition) is 1. The number of nitrogens with one attached hydrogen (secondary N) is 1. The third kappa shape index (κ3) is 2.75. The van der Waals surface area contributed by atoms with Crippen molar-refractivity contribution in [1.82, 2.24) is 4.90 Å². The van der Waals surface area contributed by atoms with E-state index in [0.717, 1.165) is 10.0 Å². The van der Waals surface area contributed by atoms with E-state index in [0.29, 0.717) is 18.7 Å². The van der Waals surface area contributed by atoms with Crippen molar-refractivity contribution in [2.45, 2.75) is 25.2 Å². The van der Waals surface area contributed by atoms with E-state index in [1.54, 1.807) is 18.4 Å². The Hall–Kier alpha value is -1.46. The molecule has 2 aromatic rings. The minimum atomic E-state index is -0.268. The summed E-state index contributed by atoms with van der Waals surface area (Å²) in [6, 6.07) is 10.4. The Kier molecular flexibility index (Phi) is 3.95. The van der Waals surface area contributed by atoms with Crippen molar-refractivity contribution >= 4 is 39.0 Å². The first kappa shape index (κ1) is 15.4. The first-order valence-electron chi connectivity index (χ1n) is 7.08. The number of amidine groups is 1. The van der Waals surface area contributed by atoms with Crippen LogP contribution in [0.2, 0.25) is 0 Å². The second-order valence-corrected chi connectivity index (χ2v) is 7.85. The van der Waals surface area contributed by atoms with Crippen LogP contribution in [0.1, 0.15) is 24.6 Å². The molecule has 1 N–H and O–H groups in total. The van der Waals surface area contributed by atoms with E-state index < -0.39 is 0 Å². The summed E-state index contributed by atoms with van der Waals surface area (Å²) in [6.45, 7) is 2.09. The number of benzene rings is 1. The van der Waals surface area contributed by atoms with Crippen LogP contribution in [-0.2, 0) is 10.2 Å². The maximum Gasteiger partial charge on any atom is 0.228 e. The Morgan fingerprint density at radius 2 is 2.05 bits per heavy atom. The van der Waals surface area contributed by atoms with Gasteiger partial charge in [-0.1, -0.05) is 35.0 Å². The Bertz CT molecular complexity index is 735. The van der Waals surface area contributed by atoms with E-state index in [9.17, 15) is 4.79 Å². The van der Waals surface area contributed by atoms with Crippen molar-refractivity contribution in [1.29, 1.82) is 5.41 Å². The Labute approximate surface area is 142 Å². The lowest BCUT2D eigenvalue weighted by Gasteiger charge is -2.36. The van der Waals surface area contributed by atoms with Crippen LogP contribution >= 0.6 is 27.3 Å². The molecule has 0 aliphatic carbocycles. The summed E-state index contributed by atoms with van der Waals surface area (Å²) in [5.74, 6) is 0.423. The molecule has 0 unspecified atom stereocenters. The fourth-order valence-corrected chi connectivity index (χ4v) is 4.28. The van der Waals surface area contributed by atoms with Gasteiger partial charge in [-0.15, -0.1) is 11.3 Å². The molecular formula is C17H17BrN2OS. The summed E-state index contributed by atoms with van der Waals surface area (Å²) in [7, 11) is 1.69. The van der Waals surface area contributed by atoms with E-state index in [4.69, 9.17) is 5.41 Å². The van der Waals surface area contributed by atoms with E-state index in [-0.39, 0.29) is 11.3 Å². The average molecular weight is 377 g/mol. The second kappa shape index (κ2) is 5.63. The largest absolute Gasteiger partial charge is 0.304 e. The molecule has 3 nitrogen and oxygen atoms in total. The van der Waals surface area contributed by atoms with E-state index in [1.807, 2.05) is 12.1 Å². The minimum Gasteiger partial charge on any atom is -0.304 e. The van der Waals surface area contributed by atoms with Crippen LogP contribution in [0.3, 0.4) is 0 Å². The Morgan fingerprint density at radius 3 is 2.73 bits per heavy atom. The molecule has 1 saturated heterocycles. The van der Waals surface area contributed by atoms with Crippen LogP contribution in [0.4, 0.5) is 0 Å². The number of thiophene rings is 1. The highest BCUT2D eigenvalue weighted by molar-refractivity contribution is 9.10. The van der Waals surface area contributed by atoms with Gasteiger partial charge in [0.1, 0.15) is 5.84 Å². The van der Waals surface area contributed by atoms with E-state index >= 15 is 0 Å². The first-order chi connectivity index (χ1) is 10.4. The van der Waals surface area contributed by atoms with Crippen LogP contribution in [0, 0.1) is 5.41 Å². The molecule has 0 bridgehead atoms. The van der Waals surface area contributed by atoms with Gasteiger partial charge in [0.25, 0.3) is 0 Å². The zero-order valence-electron chi connectivity index (χ0n) is 12.5. The molecule has 3 rings (SSSR count). The number of piperidine rings is 1. The lowest BCUT2D eigenvalue weighted by atomic mass is 9.78. The SMILES string of the molecule is CN1C(=N)C[C@](C)(c2cc(-c3cccc(Br)c3)cs2)CC1=O. The second-order valence-electron chi connectivity index (χ2n) is 6.02. The molecule has 5 heteroatoms. The fourth-order valence-electron chi connectivity index (χ4n) is 2.80. The van der Waals surface area contributed by atoms with Gasteiger partial charge in [0.2, 0.25) is 5.91 Å². The molecule has 114 valence electrons. The summed E-state index contributed by atoms with van der Waals surface area (Å²) < 4.78 is 1.06. The van der Waals surface area contributed by atoms with Gasteiger partial charge < -0.3 is 4.90 Å². The summed E-state index contributed by atoms with van der Waals surface area (Å²) >= 11 is 5.18. The maximum absolute atomic E-state index is 12.1. The fraction of sp³-hybridized carbons (Fsp3) is 0.294. The predicted octanol–water partition coefficient (Wildman–Crippen LogP) is 4.66. The molecule has 22 heavy (non-hydrogen) atoms. The summed E-state index contributed by atoms with van der Waals surface area (Å²) in [5.41, 5.74) is 2.06. The van der Waals surface area contributed by atoms with Gasteiger partial charge in [-0.3, -0.25) is 10.2 Å². The average Bonchev–Trinajstić information content (AvgIpc) is 2.95. The molecule has 0 spiro atoms. The molecule has 1 aromatic carbocycles. The molecule has 0 saturated carbocycles. The number of rotatable bonds is 2. The zero-order valence-corrected chi connectivity index (χ0v) is 14.9. The number of carbonyl (C=O) groups excluding carboxylic acids is 1. The number of hydrogen-bond acceptors (Lipinski definition) is 3. The quantitative estimate of drug-likeness (QED) is 0.813. The van der Waals surface area contributed by atoms with Crippen molar-refractivity contribution in [2.75, 3.05) is 7.05 Å². The molecule has 1 amide bonds. The van der Waals surface area contributed by atoms with Crippen LogP contribution in [-0.4, -0.2) is 23.7 Å². The molecule has 0 radical (unpaired) electrons. The molecule has 1 aliphatic heterocycles. The topological polar surface area (TPSA) is 44.2 Å². The van der Waals surface area contributed by atoms with Crippen LogP contribution in [0.5, 0.6) is 0 Å². The van der Waals surface area contributed by atoms with Crippen molar-refractivity contribution in [2.24, 2.45) is 0 Å². The predicted molar refractivity (Wildman–Crippen MR) is 94.5 cm³/mol. The highest BCUT2D eigenvalue weighted by Gasteiger charge is 2.39. The Balaban J connectivity index is 1.93. The van der Waals surface area contributed by atoms with Gasteiger partial charge in [0.05, 0.1) is 0 Å². The van der Waals surface area contributed by atoms with Crippen LogP contribution < -0.4 is 0 Å². The molecule has 1 atom stereocenters. The molecule has 1 aliphatic rings. The van der Waals surface area contributed by atoms with E-state index in [2.05, 4.69) is 46.4 Å². The van der Waals surface area contributed by atoms with Crippen molar-refractivity contribution in [3.63, 3.8) is 0 Å². The zero-order chi connectivity index (χ0) is 15.9. The normalized spacial score (nSPS) is 22.2. The third-order valence-electron chi connectivity index (χ3n) is 4.23. The standard InChI is InChI=1S/C17H17BrN2OS/c1-17(8-15(19)20(2)16(21)9-17)14-7-12(10-22-14)11-4-3-5-13(18)6-11/h3-7,10,19H,8-9H2,1-2H3/t17-/m0/s1. The van der Waals surface area contributed by atoms with Gasteiger partial charge in [-0.2, -0.15) is 0 Å². The number of nitrogens with zero attached hydrogens (tertiary/aromatic N) is 1. The maximum atomic E-state index is 12.1. The number of carbonyl (C=O) groups is 1. The minimum absolute atomic E-state index is 0.0242. The molecule has 1 fully saturated rings. The van der Waals surface area contributed by atoms with E-state index in [1.165, 1.54) is 15.3 Å². The number of amides is 1. The number of halogens is 1. The first-order valence-corrected chi connectivity index (χ1v) is 8.75. The molecular weight excluding hydrogens is 360 g/mol. The summed E-state index contributed by atoms with van der Waals surface area (Å²) in [4.78, 5) is 14.7. The van der Waals surface area contributed by atoms with Gasteiger partial charge >= 0.3 is 0 Å². The Morgan fingerprint density at radius 1 is 1.27 bits per heavy atom. The number of likely N-dealkylation sites (tertiary alicyclic amines) is 1. The highest BCUT2D eigenvalue weighted by Crippen LogP contribution is 2.41. The van der Waals surface area contributed by atoms with Crippen molar-refractivity contribution in [3.8, 4) is 11.1 Å². The van der Waals surface area contributed by atoms with Gasteiger partial charge in [-0.25, -0.2) is 0 Å². The molecule has 1 aromatic heterocycles. The van der Waals surface area contributed by atoms with Crippen LogP contribution in [0.15, 0.2) is 40.2 Å². The van der Waals surface area contributed by atoms with Crippen molar-refractivity contribution in [3.05, 3.63) is 45.1 Å². The molecule has 2 heterocycles. The van der Waals surface area contributed by atoms with Gasteiger partial charge in [0.15, 0.2) is 0 Å². The third-order valence-corrected chi connectivity index (χ3v) is 5.96.